The van der Waals surface area contributed by atoms with Gasteiger partial charge in [0.25, 0.3) is 0 Å². The van der Waals surface area contributed by atoms with Gasteiger partial charge in [-0.3, -0.25) is 0 Å². The Balaban J connectivity index is 3.09. The highest BCUT2D eigenvalue weighted by Crippen LogP contribution is 2.29. The van der Waals surface area contributed by atoms with Crippen LogP contribution in [-0.2, 0) is 0 Å². The van der Waals surface area contributed by atoms with Gasteiger partial charge in [-0.1, -0.05) is 32.0 Å². The van der Waals surface area contributed by atoms with E-state index in [4.69, 9.17) is 0 Å². The van der Waals surface area contributed by atoms with Crippen LogP contribution in [0.25, 0.3) is 0 Å². The molecule has 1 aromatic rings. The molecule has 0 bridgehead atoms. The molecule has 0 radical (unpaired) electrons. The van der Waals surface area contributed by atoms with Crippen LogP contribution in [0.3, 0.4) is 0 Å². The number of hydrogen-bond acceptors (Lipinski definition) is 2. The first-order chi connectivity index (χ1) is 8.11. The summed E-state index contributed by atoms with van der Waals surface area (Å²) in [6.07, 6.45) is 1.52. The molecule has 0 aliphatic carbocycles. The number of nitrogens with zero attached hydrogens (tertiary/aromatic N) is 1. The molecule has 0 fully saturated rings. The molecule has 2 nitrogen and oxygen atoms in total. The van der Waals surface area contributed by atoms with Gasteiger partial charge in [-0.2, -0.15) is 0 Å². The number of anilines is 1. The smallest absolute Gasteiger partial charge is 0.0807 e. The van der Waals surface area contributed by atoms with Crippen molar-refractivity contribution in [3.8, 4) is 0 Å². The Labute approximate surface area is 105 Å². The molecule has 1 unspecified atom stereocenters. The third-order valence-corrected chi connectivity index (χ3v) is 3.08. The summed E-state index contributed by atoms with van der Waals surface area (Å²) in [7, 11) is 0. The van der Waals surface area contributed by atoms with Gasteiger partial charge in [0.1, 0.15) is 0 Å². The minimum absolute atomic E-state index is 0.357. The fraction of sp³-hybridized carbons (Fsp3) is 0.600. The predicted molar refractivity (Wildman–Crippen MR) is 74.5 cm³/mol. The first-order valence-electron chi connectivity index (χ1n) is 6.65. The number of aliphatic hydroxyl groups is 1. The second kappa shape index (κ2) is 6.65. The molecule has 0 heterocycles. The Morgan fingerprint density at radius 1 is 1.18 bits per heavy atom. The summed E-state index contributed by atoms with van der Waals surface area (Å²) in [4.78, 5) is 2.37. The van der Waals surface area contributed by atoms with Gasteiger partial charge < -0.3 is 10.0 Å². The van der Waals surface area contributed by atoms with Crippen LogP contribution in [0.1, 0.15) is 52.2 Å². The second-order valence-electron chi connectivity index (χ2n) is 4.77. The predicted octanol–water partition coefficient (Wildman–Crippen LogP) is 3.75. The van der Waals surface area contributed by atoms with Crippen LogP contribution < -0.4 is 4.90 Å². The minimum Gasteiger partial charge on any atom is -0.388 e. The average molecular weight is 235 g/mol. The summed E-state index contributed by atoms with van der Waals surface area (Å²) >= 11 is 0. The van der Waals surface area contributed by atoms with Crippen molar-refractivity contribution < 1.29 is 5.11 Å². The summed E-state index contributed by atoms with van der Waals surface area (Å²) in [6, 6.07) is 8.66. The number of benzene rings is 1. The number of para-hydroxylation sites is 1. The lowest BCUT2D eigenvalue weighted by molar-refractivity contribution is 0.174. The normalized spacial score (nSPS) is 12.8. The van der Waals surface area contributed by atoms with E-state index in [0.29, 0.717) is 6.04 Å². The highest BCUT2D eigenvalue weighted by Gasteiger charge is 2.16. The lowest BCUT2D eigenvalue weighted by Crippen LogP contribution is -2.32. The van der Waals surface area contributed by atoms with E-state index in [1.54, 1.807) is 0 Å². The average Bonchev–Trinajstić information content (AvgIpc) is 2.34. The van der Waals surface area contributed by atoms with Gasteiger partial charge in [0.05, 0.1) is 6.10 Å². The van der Waals surface area contributed by atoms with Crippen LogP contribution >= 0.6 is 0 Å². The van der Waals surface area contributed by atoms with E-state index in [-0.39, 0.29) is 6.10 Å². The fourth-order valence-corrected chi connectivity index (χ4v) is 2.15. The molecule has 1 N–H and O–H groups in total. The zero-order chi connectivity index (χ0) is 12.8. The number of aliphatic hydroxyl groups excluding tert-OH is 1. The van der Waals surface area contributed by atoms with Gasteiger partial charge >= 0.3 is 0 Å². The molecule has 0 saturated heterocycles. The van der Waals surface area contributed by atoms with E-state index in [0.717, 1.165) is 24.9 Å². The van der Waals surface area contributed by atoms with Crippen LogP contribution in [0.2, 0.25) is 0 Å². The van der Waals surface area contributed by atoms with Crippen molar-refractivity contribution in [3.63, 3.8) is 0 Å². The van der Waals surface area contributed by atoms with Crippen LogP contribution in [0, 0.1) is 0 Å². The van der Waals surface area contributed by atoms with Gasteiger partial charge in [0, 0.05) is 23.8 Å². The minimum atomic E-state index is -0.357. The van der Waals surface area contributed by atoms with Gasteiger partial charge in [0.15, 0.2) is 0 Å². The molecule has 2 heteroatoms. The first kappa shape index (κ1) is 14.0. The van der Waals surface area contributed by atoms with Gasteiger partial charge in [-0.25, -0.2) is 0 Å². The topological polar surface area (TPSA) is 23.5 Å². The van der Waals surface area contributed by atoms with Crippen molar-refractivity contribution in [2.75, 3.05) is 11.4 Å². The monoisotopic (exact) mass is 235 g/mol. The summed E-state index contributed by atoms with van der Waals surface area (Å²) < 4.78 is 0. The second-order valence-corrected chi connectivity index (χ2v) is 4.77. The van der Waals surface area contributed by atoms with E-state index >= 15 is 0 Å². The Morgan fingerprint density at radius 3 is 2.35 bits per heavy atom. The quantitative estimate of drug-likeness (QED) is 0.811. The van der Waals surface area contributed by atoms with E-state index in [1.807, 2.05) is 25.1 Å². The number of hydrogen-bond donors (Lipinski definition) is 1. The van der Waals surface area contributed by atoms with Crippen molar-refractivity contribution in [2.45, 2.75) is 52.7 Å². The maximum Gasteiger partial charge on any atom is 0.0807 e. The maximum absolute atomic E-state index is 10.1. The third kappa shape index (κ3) is 3.47. The van der Waals surface area contributed by atoms with Gasteiger partial charge in [-0.05, 0) is 32.8 Å². The highest BCUT2D eigenvalue weighted by atomic mass is 16.3. The van der Waals surface area contributed by atoms with E-state index in [9.17, 15) is 5.11 Å². The van der Waals surface area contributed by atoms with Crippen LogP contribution in [0.15, 0.2) is 24.3 Å². The lowest BCUT2D eigenvalue weighted by Gasteiger charge is -2.31. The molecule has 96 valence electrons. The van der Waals surface area contributed by atoms with Crippen LogP contribution in [-0.4, -0.2) is 17.7 Å². The molecule has 1 rings (SSSR count). The summed E-state index contributed by atoms with van der Waals surface area (Å²) in [6.45, 7) is 9.63. The van der Waals surface area contributed by atoms with Gasteiger partial charge in [-0.15, -0.1) is 0 Å². The standard InChI is InChI=1S/C15H25NO/c1-5-11-16(12(3)4)14-10-8-7-9-13(14)15(17)6-2/h7-10,12,15,17H,5-6,11H2,1-4H3. The molecule has 0 spiro atoms. The SMILES string of the molecule is CCCN(c1ccccc1C(O)CC)C(C)C. The molecule has 0 aromatic heterocycles. The van der Waals surface area contributed by atoms with E-state index in [2.05, 4.69) is 31.7 Å². The molecular weight excluding hydrogens is 210 g/mol. The summed E-state index contributed by atoms with van der Waals surface area (Å²) in [5, 5.41) is 10.1. The first-order valence-corrected chi connectivity index (χ1v) is 6.65. The Morgan fingerprint density at radius 2 is 1.82 bits per heavy atom. The number of rotatable bonds is 6. The summed E-state index contributed by atoms with van der Waals surface area (Å²) in [5.41, 5.74) is 2.23. The van der Waals surface area contributed by atoms with Crippen molar-refractivity contribution in [1.29, 1.82) is 0 Å². The van der Waals surface area contributed by atoms with Crippen LogP contribution in [0.4, 0.5) is 5.69 Å². The Hall–Kier alpha value is -1.02. The highest BCUT2D eigenvalue weighted by molar-refractivity contribution is 5.55. The molecule has 1 aromatic carbocycles. The van der Waals surface area contributed by atoms with Crippen molar-refractivity contribution >= 4 is 5.69 Å². The Kier molecular flexibility index (Phi) is 5.49. The zero-order valence-electron chi connectivity index (χ0n) is 11.5. The zero-order valence-corrected chi connectivity index (χ0v) is 11.5. The molecule has 1 atom stereocenters. The third-order valence-electron chi connectivity index (χ3n) is 3.08. The molecular formula is C15H25NO. The van der Waals surface area contributed by atoms with Crippen LogP contribution in [0.5, 0.6) is 0 Å². The van der Waals surface area contributed by atoms with Crippen molar-refractivity contribution in [1.82, 2.24) is 0 Å². The molecule has 0 aliphatic heterocycles. The summed E-state index contributed by atoms with van der Waals surface area (Å²) in [5.74, 6) is 0. The molecule has 0 saturated carbocycles. The molecule has 0 amide bonds. The largest absolute Gasteiger partial charge is 0.388 e. The molecule has 0 aliphatic rings. The van der Waals surface area contributed by atoms with Crippen molar-refractivity contribution in [2.24, 2.45) is 0 Å². The van der Waals surface area contributed by atoms with Gasteiger partial charge in [0.2, 0.25) is 0 Å². The molecule has 17 heavy (non-hydrogen) atoms. The maximum atomic E-state index is 10.1. The van der Waals surface area contributed by atoms with E-state index < -0.39 is 0 Å². The van der Waals surface area contributed by atoms with E-state index in [1.165, 1.54) is 5.69 Å². The Bertz CT molecular complexity index is 335. The van der Waals surface area contributed by atoms with Crippen molar-refractivity contribution in [3.05, 3.63) is 29.8 Å². The lowest BCUT2D eigenvalue weighted by atomic mass is 10.0. The fourth-order valence-electron chi connectivity index (χ4n) is 2.15.